The van der Waals surface area contributed by atoms with Crippen LogP contribution in [-0.2, 0) is 13.6 Å². The molecule has 1 amide bonds. The van der Waals surface area contributed by atoms with Gasteiger partial charge in [0, 0.05) is 19.4 Å². The Kier molecular flexibility index (Phi) is 4.97. The quantitative estimate of drug-likeness (QED) is 0.495. The number of benzene rings is 1. The molecular weight excluding hydrogens is 398 g/mol. The lowest BCUT2D eigenvalue weighted by Gasteiger charge is -2.19. The molecule has 7 nitrogen and oxygen atoms in total. The van der Waals surface area contributed by atoms with Crippen molar-refractivity contribution < 1.29 is 9.53 Å². The first kappa shape index (κ1) is 18.4. The van der Waals surface area contributed by atoms with Crippen LogP contribution in [0.1, 0.15) is 16.1 Å². The van der Waals surface area contributed by atoms with Gasteiger partial charge in [0.05, 0.1) is 29.1 Å². The van der Waals surface area contributed by atoms with E-state index < -0.39 is 0 Å². The second kappa shape index (κ2) is 7.57. The summed E-state index contributed by atoms with van der Waals surface area (Å²) in [6, 6.07) is 11.1. The van der Waals surface area contributed by atoms with Gasteiger partial charge in [-0.25, -0.2) is 4.98 Å². The van der Waals surface area contributed by atoms with Gasteiger partial charge in [-0.15, -0.1) is 5.10 Å². The summed E-state index contributed by atoms with van der Waals surface area (Å²) < 4.78 is 7.71. The Bertz CT molecular complexity index is 1140. The number of anilines is 1. The van der Waals surface area contributed by atoms with Crippen LogP contribution in [0.2, 0.25) is 5.02 Å². The van der Waals surface area contributed by atoms with Gasteiger partial charge in [0.25, 0.3) is 5.91 Å². The first-order valence-corrected chi connectivity index (χ1v) is 9.60. The zero-order valence-corrected chi connectivity index (χ0v) is 16.7. The molecule has 0 aliphatic rings. The summed E-state index contributed by atoms with van der Waals surface area (Å²) in [5.41, 5.74) is 1.76. The number of para-hydroxylation sites is 1. The molecule has 0 N–H and O–H groups in total. The average molecular weight is 414 g/mol. The number of fused-ring (bicyclic) bond motifs is 1. The summed E-state index contributed by atoms with van der Waals surface area (Å²) in [4.78, 5) is 23.9. The fourth-order valence-corrected chi connectivity index (χ4v) is 4.07. The molecule has 4 rings (SSSR count). The van der Waals surface area contributed by atoms with Crippen molar-refractivity contribution in [3.05, 3.63) is 65.1 Å². The van der Waals surface area contributed by atoms with Crippen LogP contribution in [0.5, 0.6) is 5.88 Å². The Labute approximate surface area is 170 Å². The molecule has 0 aliphatic carbocycles. The molecule has 0 saturated heterocycles. The summed E-state index contributed by atoms with van der Waals surface area (Å²) in [5.74, 6) is -0.0107. The first-order valence-electron chi connectivity index (χ1n) is 8.41. The summed E-state index contributed by atoms with van der Waals surface area (Å²) in [5, 5.41) is 5.26. The van der Waals surface area contributed by atoms with Crippen molar-refractivity contribution in [1.82, 2.24) is 19.7 Å². The molecule has 3 aromatic heterocycles. The molecular formula is C19H16ClN5O2S. The number of thiazole rings is 1. The first-order chi connectivity index (χ1) is 13.6. The monoisotopic (exact) mass is 413 g/mol. The van der Waals surface area contributed by atoms with Crippen LogP contribution in [0.3, 0.4) is 0 Å². The van der Waals surface area contributed by atoms with Crippen molar-refractivity contribution >= 4 is 44.2 Å². The van der Waals surface area contributed by atoms with E-state index in [-0.39, 0.29) is 18.3 Å². The third-order valence-electron chi connectivity index (χ3n) is 4.10. The Morgan fingerprint density at radius 3 is 2.86 bits per heavy atom. The standard InChI is InChI=1S/C19H16ClN5O2S/c1-24-11-13(17(23-24)27-2)18(26)25(10-12-6-3-4-9-21-12)19-22-16-14(20)7-5-8-15(16)28-19/h3-9,11H,10H2,1-2H3. The van der Waals surface area contributed by atoms with Crippen LogP contribution in [0.25, 0.3) is 10.2 Å². The molecule has 0 saturated carbocycles. The fraction of sp³-hybridized carbons (Fsp3) is 0.158. The largest absolute Gasteiger partial charge is 0.479 e. The van der Waals surface area contributed by atoms with Crippen molar-refractivity contribution in [1.29, 1.82) is 0 Å². The maximum Gasteiger partial charge on any atom is 0.267 e. The second-order valence-corrected chi connectivity index (χ2v) is 7.44. The minimum Gasteiger partial charge on any atom is -0.479 e. The van der Waals surface area contributed by atoms with Crippen molar-refractivity contribution in [3.63, 3.8) is 0 Å². The Morgan fingerprint density at radius 2 is 2.14 bits per heavy atom. The lowest BCUT2D eigenvalue weighted by Crippen LogP contribution is -2.30. The number of pyridine rings is 1. The minimum atomic E-state index is -0.272. The van der Waals surface area contributed by atoms with Gasteiger partial charge >= 0.3 is 0 Å². The SMILES string of the molecule is COc1nn(C)cc1C(=O)N(Cc1ccccn1)c1nc2c(Cl)cccc2s1. The number of carbonyl (C=O) groups excluding carboxylic acids is 1. The number of halogens is 1. The molecule has 0 atom stereocenters. The van der Waals surface area contributed by atoms with Gasteiger partial charge in [0.15, 0.2) is 5.13 Å². The smallest absolute Gasteiger partial charge is 0.267 e. The van der Waals surface area contributed by atoms with Crippen LogP contribution in [0.15, 0.2) is 48.8 Å². The Balaban J connectivity index is 1.81. The molecule has 0 unspecified atom stereocenters. The molecule has 28 heavy (non-hydrogen) atoms. The number of carbonyl (C=O) groups is 1. The molecule has 0 radical (unpaired) electrons. The maximum atomic E-state index is 13.4. The van der Waals surface area contributed by atoms with Crippen molar-refractivity contribution in [2.75, 3.05) is 12.0 Å². The molecule has 4 aromatic rings. The van der Waals surface area contributed by atoms with Gasteiger partial charge in [0.2, 0.25) is 5.88 Å². The van der Waals surface area contributed by atoms with Gasteiger partial charge in [-0.05, 0) is 24.3 Å². The number of aromatic nitrogens is 4. The van der Waals surface area contributed by atoms with Gasteiger partial charge < -0.3 is 4.74 Å². The highest BCUT2D eigenvalue weighted by molar-refractivity contribution is 7.22. The van der Waals surface area contributed by atoms with E-state index in [1.807, 2.05) is 30.3 Å². The van der Waals surface area contributed by atoms with Crippen LogP contribution >= 0.6 is 22.9 Å². The lowest BCUT2D eigenvalue weighted by molar-refractivity contribution is 0.0982. The topological polar surface area (TPSA) is 73.1 Å². The highest BCUT2D eigenvalue weighted by Crippen LogP contribution is 2.34. The van der Waals surface area contributed by atoms with E-state index >= 15 is 0 Å². The van der Waals surface area contributed by atoms with Crippen molar-refractivity contribution in [3.8, 4) is 5.88 Å². The molecule has 3 heterocycles. The number of nitrogens with zero attached hydrogens (tertiary/aromatic N) is 5. The summed E-state index contributed by atoms with van der Waals surface area (Å²) in [6.45, 7) is 0.259. The maximum absolute atomic E-state index is 13.4. The molecule has 0 spiro atoms. The highest BCUT2D eigenvalue weighted by atomic mass is 35.5. The number of amides is 1. The predicted molar refractivity (Wildman–Crippen MR) is 109 cm³/mol. The van der Waals surface area contributed by atoms with E-state index in [0.717, 1.165) is 10.4 Å². The lowest BCUT2D eigenvalue weighted by atomic mass is 10.2. The summed E-state index contributed by atoms with van der Waals surface area (Å²) in [7, 11) is 3.22. The molecule has 142 valence electrons. The van der Waals surface area contributed by atoms with Gasteiger partial charge in [-0.1, -0.05) is 35.1 Å². The van der Waals surface area contributed by atoms with Crippen LogP contribution < -0.4 is 9.64 Å². The Hall–Kier alpha value is -2.97. The van der Waals surface area contributed by atoms with Crippen molar-refractivity contribution in [2.45, 2.75) is 6.54 Å². The normalized spacial score (nSPS) is 11.0. The van der Waals surface area contributed by atoms with Gasteiger partial charge in [-0.3, -0.25) is 19.4 Å². The Morgan fingerprint density at radius 1 is 1.29 bits per heavy atom. The third kappa shape index (κ3) is 3.44. The second-order valence-electron chi connectivity index (χ2n) is 6.02. The molecule has 0 bridgehead atoms. The number of rotatable bonds is 5. The van der Waals surface area contributed by atoms with E-state index in [0.29, 0.717) is 21.2 Å². The molecule has 0 aliphatic heterocycles. The third-order valence-corrected chi connectivity index (χ3v) is 5.45. The molecule has 0 fully saturated rings. The average Bonchev–Trinajstić information content (AvgIpc) is 3.30. The predicted octanol–water partition coefficient (Wildman–Crippen LogP) is 3.93. The van der Waals surface area contributed by atoms with E-state index in [2.05, 4.69) is 15.1 Å². The fourth-order valence-electron chi connectivity index (χ4n) is 2.81. The number of methoxy groups -OCH3 is 1. The zero-order chi connectivity index (χ0) is 19.7. The van der Waals surface area contributed by atoms with E-state index in [4.69, 9.17) is 16.3 Å². The summed E-state index contributed by atoms with van der Waals surface area (Å²) in [6.07, 6.45) is 3.32. The van der Waals surface area contributed by atoms with Crippen LogP contribution in [0, 0.1) is 0 Å². The highest BCUT2D eigenvalue weighted by Gasteiger charge is 2.27. The van der Waals surface area contributed by atoms with Crippen molar-refractivity contribution in [2.24, 2.45) is 7.05 Å². The zero-order valence-electron chi connectivity index (χ0n) is 15.2. The van der Waals surface area contributed by atoms with Gasteiger partial charge in [0.1, 0.15) is 11.1 Å². The van der Waals surface area contributed by atoms with Gasteiger partial charge in [-0.2, -0.15) is 0 Å². The van der Waals surface area contributed by atoms with E-state index in [1.165, 1.54) is 18.4 Å². The van der Waals surface area contributed by atoms with E-state index in [9.17, 15) is 4.79 Å². The number of hydrogen-bond donors (Lipinski definition) is 0. The molecule has 9 heteroatoms. The van der Waals surface area contributed by atoms with E-state index in [1.54, 1.807) is 35.1 Å². The minimum absolute atomic E-state index is 0.259. The summed E-state index contributed by atoms with van der Waals surface area (Å²) >= 11 is 7.67. The van der Waals surface area contributed by atoms with Crippen LogP contribution in [-0.4, -0.2) is 32.8 Å². The number of aryl methyl sites for hydroxylation is 1. The molecule has 1 aromatic carbocycles. The number of ether oxygens (including phenoxy) is 1. The number of hydrogen-bond acceptors (Lipinski definition) is 6. The van der Waals surface area contributed by atoms with Crippen LogP contribution in [0.4, 0.5) is 5.13 Å².